The monoisotopic (exact) mass is 286 g/mol. The van der Waals surface area contributed by atoms with Crippen LogP contribution in [-0.4, -0.2) is 31.6 Å². The number of hydrogen-bond donors (Lipinski definition) is 2. The highest BCUT2D eigenvalue weighted by Gasteiger charge is 2.46. The van der Waals surface area contributed by atoms with Gasteiger partial charge in [0.1, 0.15) is 0 Å². The van der Waals surface area contributed by atoms with Crippen LogP contribution in [0.4, 0.5) is 0 Å². The van der Waals surface area contributed by atoms with Crippen molar-refractivity contribution in [2.24, 2.45) is 0 Å². The molecule has 1 aliphatic heterocycles. The predicted molar refractivity (Wildman–Crippen MR) is 75.2 cm³/mol. The third kappa shape index (κ3) is 2.30. The van der Waals surface area contributed by atoms with Crippen LogP contribution in [0.1, 0.15) is 12.5 Å². The van der Waals surface area contributed by atoms with Gasteiger partial charge in [-0.15, -0.1) is 11.8 Å². The molecule has 6 heteroatoms. The second-order valence-corrected chi connectivity index (χ2v) is 8.05. The Morgan fingerprint density at radius 1 is 1.22 bits per heavy atom. The van der Waals surface area contributed by atoms with Crippen LogP contribution in [0.3, 0.4) is 0 Å². The molecule has 0 unspecified atom stereocenters. The van der Waals surface area contributed by atoms with E-state index in [1.165, 1.54) is 11.8 Å². The lowest BCUT2D eigenvalue weighted by molar-refractivity contribution is 0.544. The van der Waals surface area contributed by atoms with Crippen molar-refractivity contribution >= 4 is 21.6 Å². The van der Waals surface area contributed by atoms with Crippen molar-refractivity contribution in [3.8, 4) is 0 Å². The van der Waals surface area contributed by atoms with E-state index in [-0.39, 0.29) is 0 Å². The Morgan fingerprint density at radius 2 is 1.78 bits per heavy atom. The zero-order chi connectivity index (χ0) is 13.2. The van der Waals surface area contributed by atoms with E-state index in [0.717, 1.165) is 11.3 Å². The number of nitrogens with one attached hydrogen (secondary N) is 2. The molecule has 2 rings (SSSR count). The first-order chi connectivity index (χ1) is 8.52. The van der Waals surface area contributed by atoms with Gasteiger partial charge in [-0.25, -0.2) is 8.42 Å². The van der Waals surface area contributed by atoms with E-state index in [2.05, 4.69) is 10.6 Å². The van der Waals surface area contributed by atoms with Gasteiger partial charge in [0.25, 0.3) is 0 Å². The highest BCUT2D eigenvalue weighted by atomic mass is 32.3. The number of hydrogen-bond acceptors (Lipinski definition) is 5. The summed E-state index contributed by atoms with van der Waals surface area (Å²) in [7, 11) is -3.44. The summed E-state index contributed by atoms with van der Waals surface area (Å²) in [6.07, 6.45) is 0. The maximum absolute atomic E-state index is 12.7. The lowest BCUT2D eigenvalue weighted by atomic mass is 10.2. The second kappa shape index (κ2) is 5.21. The lowest BCUT2D eigenvalue weighted by Gasteiger charge is -2.28. The van der Waals surface area contributed by atoms with Crippen molar-refractivity contribution in [2.45, 2.75) is 23.1 Å². The summed E-state index contributed by atoms with van der Waals surface area (Å²) < 4.78 is 24.4. The fourth-order valence-corrected chi connectivity index (χ4v) is 5.46. The number of sulfone groups is 1. The summed E-state index contributed by atoms with van der Waals surface area (Å²) in [6.45, 7) is 5.23. The van der Waals surface area contributed by atoms with E-state index in [4.69, 9.17) is 0 Å². The van der Waals surface area contributed by atoms with Crippen molar-refractivity contribution < 1.29 is 8.42 Å². The number of aryl methyl sites for hydroxylation is 1. The van der Waals surface area contributed by atoms with Gasteiger partial charge in [0.15, 0.2) is 0 Å². The molecule has 0 saturated carbocycles. The smallest absolute Gasteiger partial charge is 0.226 e. The summed E-state index contributed by atoms with van der Waals surface area (Å²) in [4.78, 5) is 0.357. The topological polar surface area (TPSA) is 58.2 Å². The minimum Gasteiger partial charge on any atom is -0.276 e. The Balaban J connectivity index is 2.42. The quantitative estimate of drug-likeness (QED) is 0.874. The van der Waals surface area contributed by atoms with Crippen LogP contribution in [0.2, 0.25) is 0 Å². The van der Waals surface area contributed by atoms with Gasteiger partial charge in [-0.3, -0.25) is 10.6 Å². The van der Waals surface area contributed by atoms with Crippen LogP contribution in [0, 0.1) is 6.92 Å². The first-order valence-electron chi connectivity index (χ1n) is 5.97. The maximum Gasteiger partial charge on any atom is 0.226 e. The molecule has 1 aromatic carbocycles. The van der Waals surface area contributed by atoms with Gasteiger partial charge in [0.2, 0.25) is 14.2 Å². The SMILES string of the molecule is CCSC1(S(=O)(=O)c2ccc(C)cc2)NCCN1. The molecule has 0 bridgehead atoms. The number of thioether (sulfide) groups is 1. The summed E-state index contributed by atoms with van der Waals surface area (Å²) in [5, 5.41) is 6.18. The summed E-state index contributed by atoms with van der Waals surface area (Å²) in [5.74, 6) is 0.727. The van der Waals surface area contributed by atoms with Gasteiger partial charge in [0.05, 0.1) is 4.90 Å². The Hall–Kier alpha value is -0.560. The minimum absolute atomic E-state index is 0.357. The van der Waals surface area contributed by atoms with Crippen molar-refractivity contribution in [1.82, 2.24) is 10.6 Å². The summed E-state index contributed by atoms with van der Waals surface area (Å²) >= 11 is 1.38. The molecule has 0 aromatic heterocycles. The van der Waals surface area contributed by atoms with E-state index < -0.39 is 14.2 Å². The van der Waals surface area contributed by atoms with Crippen LogP contribution in [-0.2, 0) is 9.84 Å². The Kier molecular flexibility index (Phi) is 4.01. The van der Waals surface area contributed by atoms with Crippen LogP contribution in [0.5, 0.6) is 0 Å². The van der Waals surface area contributed by atoms with Gasteiger partial charge in [0, 0.05) is 13.1 Å². The van der Waals surface area contributed by atoms with Crippen molar-refractivity contribution in [1.29, 1.82) is 0 Å². The Bertz CT molecular complexity index is 505. The molecule has 0 spiro atoms. The normalized spacial score (nSPS) is 19.0. The first-order valence-corrected chi connectivity index (χ1v) is 8.44. The molecule has 1 heterocycles. The zero-order valence-electron chi connectivity index (χ0n) is 10.6. The summed E-state index contributed by atoms with van der Waals surface area (Å²) in [6, 6.07) is 6.99. The molecule has 100 valence electrons. The van der Waals surface area contributed by atoms with Gasteiger partial charge >= 0.3 is 0 Å². The number of rotatable bonds is 4. The second-order valence-electron chi connectivity index (χ2n) is 4.22. The molecular formula is C12H18N2O2S2. The fraction of sp³-hybridized carbons (Fsp3) is 0.500. The first kappa shape index (κ1) is 13.9. The van der Waals surface area contributed by atoms with Crippen LogP contribution < -0.4 is 10.6 Å². The molecule has 2 N–H and O–H groups in total. The van der Waals surface area contributed by atoms with E-state index in [9.17, 15) is 8.42 Å². The lowest BCUT2D eigenvalue weighted by Crippen LogP contribution is -2.52. The Labute approximate surface area is 112 Å². The molecular weight excluding hydrogens is 268 g/mol. The van der Waals surface area contributed by atoms with E-state index in [0.29, 0.717) is 18.0 Å². The molecule has 1 aliphatic rings. The minimum atomic E-state index is -3.44. The van der Waals surface area contributed by atoms with Crippen molar-refractivity contribution in [2.75, 3.05) is 18.8 Å². The molecule has 0 aliphatic carbocycles. The van der Waals surface area contributed by atoms with Crippen LogP contribution in [0.25, 0.3) is 0 Å². The highest BCUT2D eigenvalue weighted by molar-refractivity contribution is 8.14. The molecule has 0 radical (unpaired) electrons. The van der Waals surface area contributed by atoms with E-state index in [1.807, 2.05) is 26.0 Å². The third-order valence-corrected chi connectivity index (χ3v) is 6.83. The van der Waals surface area contributed by atoms with Crippen LogP contribution in [0.15, 0.2) is 29.2 Å². The molecule has 18 heavy (non-hydrogen) atoms. The van der Waals surface area contributed by atoms with Crippen molar-refractivity contribution in [3.63, 3.8) is 0 Å². The van der Waals surface area contributed by atoms with Crippen molar-refractivity contribution in [3.05, 3.63) is 29.8 Å². The fourth-order valence-electron chi connectivity index (χ4n) is 1.97. The average molecular weight is 286 g/mol. The zero-order valence-corrected chi connectivity index (χ0v) is 12.2. The molecule has 0 amide bonds. The summed E-state index contributed by atoms with van der Waals surface area (Å²) in [5.41, 5.74) is 1.05. The van der Waals surface area contributed by atoms with Gasteiger partial charge in [-0.05, 0) is 24.8 Å². The molecule has 1 saturated heterocycles. The Morgan fingerprint density at radius 3 is 2.28 bits per heavy atom. The number of benzene rings is 1. The predicted octanol–water partition coefficient (Wildman–Crippen LogP) is 1.33. The van der Waals surface area contributed by atoms with E-state index >= 15 is 0 Å². The van der Waals surface area contributed by atoms with Gasteiger partial charge in [-0.2, -0.15) is 0 Å². The van der Waals surface area contributed by atoms with Crippen LogP contribution >= 0.6 is 11.8 Å². The standard InChI is InChI=1S/C12H18N2O2S2/c1-3-17-12(13-8-9-14-12)18(15,16)11-6-4-10(2)5-7-11/h4-7,13-14H,3,8-9H2,1-2H3. The van der Waals surface area contributed by atoms with Gasteiger partial charge < -0.3 is 0 Å². The molecule has 4 nitrogen and oxygen atoms in total. The van der Waals surface area contributed by atoms with E-state index in [1.54, 1.807) is 12.1 Å². The third-order valence-electron chi connectivity index (χ3n) is 2.90. The largest absolute Gasteiger partial charge is 0.276 e. The molecule has 0 atom stereocenters. The van der Waals surface area contributed by atoms with Gasteiger partial charge in [-0.1, -0.05) is 24.6 Å². The maximum atomic E-state index is 12.7. The average Bonchev–Trinajstić information content (AvgIpc) is 2.80. The highest BCUT2D eigenvalue weighted by Crippen LogP contribution is 2.33. The molecule has 1 aromatic rings. The molecule has 1 fully saturated rings.